The van der Waals surface area contributed by atoms with Gasteiger partial charge in [0.1, 0.15) is 12.4 Å². The molecule has 120 valence electrons. The van der Waals surface area contributed by atoms with Gasteiger partial charge in [-0.2, -0.15) is 0 Å². The Kier molecular flexibility index (Phi) is 9.06. The van der Waals surface area contributed by atoms with Crippen LogP contribution < -0.4 is 15.8 Å². The topological polar surface area (TPSA) is 64.3 Å². The second-order valence-electron chi connectivity index (χ2n) is 5.60. The number of benzene rings is 1. The third kappa shape index (κ3) is 6.82. The van der Waals surface area contributed by atoms with E-state index in [0.29, 0.717) is 25.5 Å². The van der Waals surface area contributed by atoms with Gasteiger partial charge >= 0.3 is 0 Å². The molecule has 1 aromatic rings. The molecule has 1 amide bonds. The van der Waals surface area contributed by atoms with E-state index in [1.165, 1.54) is 0 Å². The van der Waals surface area contributed by atoms with E-state index in [-0.39, 0.29) is 18.3 Å². The van der Waals surface area contributed by atoms with Crippen molar-refractivity contribution in [1.82, 2.24) is 5.32 Å². The summed E-state index contributed by atoms with van der Waals surface area (Å²) in [6.45, 7) is 9.05. The summed E-state index contributed by atoms with van der Waals surface area (Å²) in [7, 11) is 0. The summed E-state index contributed by atoms with van der Waals surface area (Å²) >= 11 is 0. The molecule has 4 nitrogen and oxygen atoms in total. The molecule has 0 unspecified atom stereocenters. The van der Waals surface area contributed by atoms with Crippen LogP contribution in [-0.4, -0.2) is 25.1 Å². The van der Waals surface area contributed by atoms with Gasteiger partial charge in [-0.1, -0.05) is 32.0 Å². The van der Waals surface area contributed by atoms with Gasteiger partial charge in [-0.05, 0) is 37.3 Å². The van der Waals surface area contributed by atoms with Gasteiger partial charge in [0.25, 0.3) is 0 Å². The molecule has 0 aliphatic heterocycles. The quantitative estimate of drug-likeness (QED) is 0.760. The van der Waals surface area contributed by atoms with E-state index in [2.05, 4.69) is 19.2 Å². The van der Waals surface area contributed by atoms with Gasteiger partial charge in [0.15, 0.2) is 0 Å². The van der Waals surface area contributed by atoms with Crippen molar-refractivity contribution >= 4 is 18.3 Å². The monoisotopic (exact) mass is 314 g/mol. The van der Waals surface area contributed by atoms with Crippen LogP contribution in [0, 0.1) is 19.8 Å². The highest BCUT2D eigenvalue weighted by Gasteiger charge is 2.14. The number of para-hydroxylation sites is 1. The molecule has 5 heteroatoms. The molecule has 0 radical (unpaired) electrons. The van der Waals surface area contributed by atoms with E-state index in [1.54, 1.807) is 0 Å². The van der Waals surface area contributed by atoms with E-state index < -0.39 is 6.04 Å². The Bertz CT molecular complexity index is 430. The second-order valence-corrected chi connectivity index (χ2v) is 5.60. The zero-order valence-corrected chi connectivity index (χ0v) is 14.1. The maximum atomic E-state index is 11.7. The lowest BCUT2D eigenvalue weighted by Crippen LogP contribution is -2.42. The van der Waals surface area contributed by atoms with Crippen molar-refractivity contribution in [2.75, 3.05) is 13.2 Å². The van der Waals surface area contributed by atoms with Gasteiger partial charge in [-0.25, -0.2) is 0 Å². The van der Waals surface area contributed by atoms with Crippen LogP contribution in [0.3, 0.4) is 0 Å². The molecule has 21 heavy (non-hydrogen) atoms. The van der Waals surface area contributed by atoms with Crippen LogP contribution in [0.1, 0.15) is 31.4 Å². The van der Waals surface area contributed by atoms with Crippen LogP contribution in [0.5, 0.6) is 5.75 Å². The Morgan fingerprint density at radius 2 is 1.86 bits per heavy atom. The Morgan fingerprint density at radius 3 is 2.38 bits per heavy atom. The minimum absolute atomic E-state index is 0. The fourth-order valence-electron chi connectivity index (χ4n) is 2.10. The first-order valence-electron chi connectivity index (χ1n) is 7.14. The minimum Gasteiger partial charge on any atom is -0.491 e. The Balaban J connectivity index is 0.00000400. The van der Waals surface area contributed by atoms with Crippen LogP contribution >= 0.6 is 12.4 Å². The Morgan fingerprint density at radius 1 is 1.29 bits per heavy atom. The normalized spacial score (nSPS) is 11.7. The molecule has 0 aliphatic carbocycles. The van der Waals surface area contributed by atoms with E-state index in [1.807, 2.05) is 32.0 Å². The lowest BCUT2D eigenvalue weighted by Gasteiger charge is -2.15. The minimum atomic E-state index is -0.435. The van der Waals surface area contributed by atoms with Gasteiger partial charge in [0.2, 0.25) is 5.91 Å². The van der Waals surface area contributed by atoms with Crippen molar-refractivity contribution in [1.29, 1.82) is 0 Å². The third-order valence-corrected chi connectivity index (χ3v) is 3.12. The number of nitrogens with one attached hydrogen (secondary N) is 1. The van der Waals surface area contributed by atoms with Crippen molar-refractivity contribution in [2.45, 2.75) is 40.2 Å². The summed E-state index contributed by atoms with van der Waals surface area (Å²) in [4.78, 5) is 11.7. The van der Waals surface area contributed by atoms with Crippen LogP contribution in [-0.2, 0) is 4.79 Å². The zero-order chi connectivity index (χ0) is 15.1. The summed E-state index contributed by atoms with van der Waals surface area (Å²) in [5.41, 5.74) is 8.02. The number of halogens is 1. The largest absolute Gasteiger partial charge is 0.491 e. The predicted octanol–water partition coefficient (Wildman–Crippen LogP) is 2.59. The fourth-order valence-corrected chi connectivity index (χ4v) is 2.10. The molecule has 0 spiro atoms. The van der Waals surface area contributed by atoms with E-state index in [0.717, 1.165) is 16.9 Å². The molecule has 0 heterocycles. The van der Waals surface area contributed by atoms with Crippen molar-refractivity contribution < 1.29 is 9.53 Å². The van der Waals surface area contributed by atoms with Crippen LogP contribution in [0.2, 0.25) is 0 Å². The smallest absolute Gasteiger partial charge is 0.237 e. The zero-order valence-electron chi connectivity index (χ0n) is 13.3. The molecule has 1 aromatic carbocycles. The number of rotatable bonds is 7. The van der Waals surface area contributed by atoms with Crippen molar-refractivity contribution in [3.8, 4) is 5.75 Å². The van der Waals surface area contributed by atoms with Crippen molar-refractivity contribution in [2.24, 2.45) is 11.7 Å². The molecule has 3 N–H and O–H groups in total. The number of hydrogen-bond donors (Lipinski definition) is 2. The van der Waals surface area contributed by atoms with Crippen molar-refractivity contribution in [3.05, 3.63) is 29.3 Å². The van der Waals surface area contributed by atoms with E-state index in [9.17, 15) is 4.79 Å². The first kappa shape index (κ1) is 19.7. The van der Waals surface area contributed by atoms with Gasteiger partial charge in [0, 0.05) is 0 Å². The molecule has 0 bridgehead atoms. The summed E-state index contributed by atoms with van der Waals surface area (Å²) in [5, 5.41) is 2.81. The Hall–Kier alpha value is -1.26. The highest BCUT2D eigenvalue weighted by molar-refractivity contribution is 5.85. The number of carbonyl (C=O) groups excluding carboxylic acids is 1. The number of ether oxygens (including phenoxy) is 1. The summed E-state index contributed by atoms with van der Waals surface area (Å²) in [6.07, 6.45) is 0.698. The van der Waals surface area contributed by atoms with Crippen LogP contribution in [0.15, 0.2) is 18.2 Å². The number of aryl methyl sites for hydroxylation is 2. The summed E-state index contributed by atoms with van der Waals surface area (Å²) in [6, 6.07) is 5.60. The number of hydrogen-bond acceptors (Lipinski definition) is 3. The summed E-state index contributed by atoms with van der Waals surface area (Å²) in [5.74, 6) is 1.21. The molecule has 0 fully saturated rings. The summed E-state index contributed by atoms with van der Waals surface area (Å²) < 4.78 is 5.72. The molecule has 0 aromatic heterocycles. The van der Waals surface area contributed by atoms with E-state index >= 15 is 0 Å². The average molecular weight is 315 g/mol. The lowest BCUT2D eigenvalue weighted by molar-refractivity contribution is -0.122. The first-order valence-corrected chi connectivity index (χ1v) is 7.14. The molecule has 1 rings (SSSR count). The standard InChI is InChI=1S/C16H26N2O2.ClH/c1-11(2)10-14(17)16(19)18-8-9-20-15-12(3)6-5-7-13(15)4;/h5-7,11,14H,8-10,17H2,1-4H3,(H,18,19);1H/t14-;/m0./s1. The number of carbonyl (C=O) groups is 1. The second kappa shape index (κ2) is 9.64. The Labute approximate surface area is 133 Å². The third-order valence-electron chi connectivity index (χ3n) is 3.12. The van der Waals surface area contributed by atoms with Crippen LogP contribution in [0.4, 0.5) is 0 Å². The molecule has 1 atom stereocenters. The van der Waals surface area contributed by atoms with Crippen molar-refractivity contribution in [3.63, 3.8) is 0 Å². The lowest BCUT2D eigenvalue weighted by atomic mass is 10.0. The molecule has 0 saturated heterocycles. The highest BCUT2D eigenvalue weighted by atomic mass is 35.5. The molecular formula is C16H27ClN2O2. The first-order chi connectivity index (χ1) is 9.41. The fraction of sp³-hybridized carbons (Fsp3) is 0.562. The average Bonchev–Trinajstić information content (AvgIpc) is 2.36. The van der Waals surface area contributed by atoms with Crippen LogP contribution in [0.25, 0.3) is 0 Å². The van der Waals surface area contributed by atoms with Gasteiger partial charge < -0.3 is 15.8 Å². The van der Waals surface area contributed by atoms with Gasteiger partial charge in [-0.15, -0.1) is 12.4 Å². The predicted molar refractivity (Wildman–Crippen MR) is 89.1 cm³/mol. The highest BCUT2D eigenvalue weighted by Crippen LogP contribution is 2.21. The van der Waals surface area contributed by atoms with E-state index in [4.69, 9.17) is 10.5 Å². The van der Waals surface area contributed by atoms with Gasteiger partial charge in [0.05, 0.1) is 12.6 Å². The maximum absolute atomic E-state index is 11.7. The van der Waals surface area contributed by atoms with Gasteiger partial charge in [-0.3, -0.25) is 4.79 Å². The number of amides is 1. The maximum Gasteiger partial charge on any atom is 0.237 e. The number of nitrogens with two attached hydrogens (primary N) is 1. The molecular weight excluding hydrogens is 288 g/mol. The molecule has 0 aliphatic rings. The molecule has 0 saturated carbocycles. The SMILES string of the molecule is Cc1cccc(C)c1OCCNC(=O)[C@@H](N)CC(C)C.Cl.